The van der Waals surface area contributed by atoms with Crippen LogP contribution in [0.3, 0.4) is 0 Å². The second-order valence-electron chi connectivity index (χ2n) is 6.46. The van der Waals surface area contributed by atoms with Crippen LogP contribution in [0.15, 0.2) is 30.3 Å². The maximum atomic E-state index is 12.8. The zero-order valence-electron chi connectivity index (χ0n) is 16.3. The predicted octanol–water partition coefficient (Wildman–Crippen LogP) is 1.67. The van der Waals surface area contributed by atoms with E-state index in [2.05, 4.69) is 4.79 Å². The van der Waals surface area contributed by atoms with E-state index in [-0.39, 0.29) is 13.2 Å². The molecule has 1 aromatic rings. The Balaban J connectivity index is 2.29. The molecule has 0 radical (unpaired) electrons. The van der Waals surface area contributed by atoms with Crippen molar-refractivity contribution in [2.75, 3.05) is 20.3 Å². The molecule has 0 bridgehead atoms. The molecule has 152 valence electrons. The molecule has 1 saturated heterocycles. The molecule has 0 saturated carbocycles. The predicted molar refractivity (Wildman–Crippen MR) is 96.2 cm³/mol. The van der Waals surface area contributed by atoms with Crippen LogP contribution in [0.25, 0.3) is 5.53 Å². The Morgan fingerprint density at radius 3 is 2.50 bits per heavy atom. The number of ether oxygens (including phenoxy) is 5. The Hall–Kier alpha value is -2.58. The van der Waals surface area contributed by atoms with Crippen LogP contribution in [0.2, 0.25) is 0 Å². The summed E-state index contributed by atoms with van der Waals surface area (Å²) in [6, 6.07) is 8.71. The van der Waals surface area contributed by atoms with E-state index in [1.807, 2.05) is 0 Å². The highest BCUT2D eigenvalue weighted by molar-refractivity contribution is 6.36. The highest BCUT2D eigenvalue weighted by Gasteiger charge is 2.49. The molecule has 0 unspecified atom stereocenters. The van der Waals surface area contributed by atoms with Crippen molar-refractivity contribution in [2.24, 2.45) is 0 Å². The van der Waals surface area contributed by atoms with E-state index in [1.165, 1.54) is 7.11 Å². The van der Waals surface area contributed by atoms with Crippen molar-refractivity contribution >= 4 is 17.7 Å². The second kappa shape index (κ2) is 9.57. The van der Waals surface area contributed by atoms with Gasteiger partial charge in [-0.2, -0.15) is 4.79 Å². The number of rotatable bonds is 8. The number of esters is 2. The topological polar surface area (TPSA) is 117 Å². The maximum Gasteiger partial charge on any atom is 0.421 e. The van der Waals surface area contributed by atoms with Crippen molar-refractivity contribution in [1.82, 2.24) is 0 Å². The normalized spacial score (nSPS) is 19.9. The van der Waals surface area contributed by atoms with Crippen molar-refractivity contribution in [3.8, 4) is 0 Å². The van der Waals surface area contributed by atoms with E-state index in [0.29, 0.717) is 5.56 Å². The third-order valence-electron chi connectivity index (χ3n) is 4.03. The molecular formula is C19H24N2O7. The first-order chi connectivity index (χ1) is 13.3. The minimum absolute atomic E-state index is 0.0202. The van der Waals surface area contributed by atoms with E-state index in [4.69, 9.17) is 23.7 Å². The smallest absolute Gasteiger partial charge is 0.421 e. The molecule has 0 spiro atoms. The fourth-order valence-corrected chi connectivity index (χ4v) is 2.77. The summed E-state index contributed by atoms with van der Waals surface area (Å²) >= 11 is 0. The van der Waals surface area contributed by atoms with Crippen LogP contribution in [0, 0.1) is 0 Å². The molecule has 0 aliphatic carbocycles. The van der Waals surface area contributed by atoms with Gasteiger partial charge in [-0.05, 0) is 26.3 Å². The van der Waals surface area contributed by atoms with E-state index in [9.17, 15) is 15.1 Å². The molecule has 1 aromatic carbocycles. The van der Waals surface area contributed by atoms with Gasteiger partial charge in [0, 0.05) is 7.11 Å². The Morgan fingerprint density at radius 1 is 1.32 bits per heavy atom. The van der Waals surface area contributed by atoms with Crippen LogP contribution >= 0.6 is 0 Å². The number of benzene rings is 1. The molecule has 9 nitrogen and oxygen atoms in total. The van der Waals surface area contributed by atoms with Gasteiger partial charge in [0.05, 0.1) is 13.2 Å². The number of carbonyl (C=O) groups excluding carboxylic acids is 2. The zero-order chi connectivity index (χ0) is 20.7. The van der Waals surface area contributed by atoms with Crippen molar-refractivity contribution < 1.29 is 38.1 Å². The summed E-state index contributed by atoms with van der Waals surface area (Å²) in [4.78, 5) is 28.0. The second-order valence-corrected chi connectivity index (χ2v) is 6.46. The first-order valence-electron chi connectivity index (χ1n) is 8.82. The van der Waals surface area contributed by atoms with Crippen LogP contribution in [0.1, 0.15) is 32.4 Å². The summed E-state index contributed by atoms with van der Waals surface area (Å²) in [5.41, 5.74) is 9.45. The van der Waals surface area contributed by atoms with Gasteiger partial charge < -0.3 is 29.2 Å². The first-order valence-corrected chi connectivity index (χ1v) is 8.82. The van der Waals surface area contributed by atoms with E-state index >= 15 is 0 Å². The Kier molecular flexibility index (Phi) is 7.42. The lowest BCUT2D eigenvalue weighted by molar-refractivity contribution is -0.176. The lowest BCUT2D eigenvalue weighted by Gasteiger charge is -2.23. The highest BCUT2D eigenvalue weighted by Crippen LogP contribution is 2.27. The van der Waals surface area contributed by atoms with Crippen molar-refractivity contribution in [3.63, 3.8) is 0 Å². The molecule has 1 aliphatic heterocycles. The summed E-state index contributed by atoms with van der Waals surface area (Å²) in [6.45, 7) is 5.02. The monoisotopic (exact) mass is 392 g/mol. The van der Waals surface area contributed by atoms with Crippen LogP contribution in [0.4, 0.5) is 0 Å². The molecule has 0 amide bonds. The van der Waals surface area contributed by atoms with Gasteiger partial charge in [0.2, 0.25) is 6.10 Å². The summed E-state index contributed by atoms with van der Waals surface area (Å²) < 4.78 is 26.8. The van der Waals surface area contributed by atoms with Crippen LogP contribution in [-0.4, -0.2) is 60.8 Å². The summed E-state index contributed by atoms with van der Waals surface area (Å²) in [7, 11) is 1.36. The summed E-state index contributed by atoms with van der Waals surface area (Å²) in [6.07, 6.45) is -3.26. The Morgan fingerprint density at radius 2 is 2.00 bits per heavy atom. The number of carbonyl (C=O) groups is 2. The molecule has 2 rings (SSSR count). The minimum Gasteiger partial charge on any atom is -0.457 e. The van der Waals surface area contributed by atoms with E-state index in [0.717, 1.165) is 0 Å². The minimum atomic E-state index is -1.35. The zero-order valence-corrected chi connectivity index (χ0v) is 16.3. The molecule has 28 heavy (non-hydrogen) atoms. The Labute approximate surface area is 163 Å². The average molecular weight is 392 g/mol. The number of hydrogen-bond donors (Lipinski definition) is 0. The average Bonchev–Trinajstić information content (AvgIpc) is 3.03. The molecule has 0 aromatic heterocycles. The molecular weight excluding hydrogens is 368 g/mol. The molecule has 3 atom stereocenters. The molecule has 9 heteroatoms. The van der Waals surface area contributed by atoms with E-state index < -0.39 is 41.7 Å². The molecule has 0 N–H and O–H groups in total. The van der Waals surface area contributed by atoms with Gasteiger partial charge in [-0.25, -0.2) is 9.59 Å². The van der Waals surface area contributed by atoms with Crippen LogP contribution in [0.5, 0.6) is 0 Å². The summed E-state index contributed by atoms with van der Waals surface area (Å²) in [5.74, 6) is -2.66. The maximum absolute atomic E-state index is 12.8. The van der Waals surface area contributed by atoms with Gasteiger partial charge in [-0.3, -0.25) is 0 Å². The van der Waals surface area contributed by atoms with Crippen LogP contribution < -0.4 is 0 Å². The molecule has 1 aliphatic rings. The third kappa shape index (κ3) is 5.24. The fraction of sp³-hybridized carbons (Fsp3) is 0.526. The molecule has 1 heterocycles. The van der Waals surface area contributed by atoms with Gasteiger partial charge in [0.25, 0.3) is 0 Å². The van der Waals surface area contributed by atoms with Crippen LogP contribution in [-0.2, 0) is 33.3 Å². The third-order valence-corrected chi connectivity index (χ3v) is 4.03. The SMILES string of the molecule is CCOC(=O)C(=[N+]=[N-])[C@H](OC(=O)[C@@H](OC)c1ccccc1)[C@H]1COC(C)(C)O1. The summed E-state index contributed by atoms with van der Waals surface area (Å²) in [5, 5.41) is 0. The lowest BCUT2D eigenvalue weighted by atomic mass is 10.1. The van der Waals surface area contributed by atoms with Gasteiger partial charge >= 0.3 is 17.7 Å². The van der Waals surface area contributed by atoms with Gasteiger partial charge in [0.1, 0.15) is 6.10 Å². The Bertz CT molecular complexity index is 744. The van der Waals surface area contributed by atoms with Crippen molar-refractivity contribution in [1.29, 1.82) is 0 Å². The number of hydrogen-bond acceptors (Lipinski definition) is 7. The standard InChI is InChI=1S/C19H24N2O7/c1-5-25-17(22)14(21-20)16(13-11-26-19(2,3)28-13)27-18(23)15(24-4)12-9-7-6-8-10-12/h6-10,13,15-16H,5,11H2,1-4H3/t13-,15+,16-/m1/s1. The van der Waals surface area contributed by atoms with Gasteiger partial charge in [-0.1, -0.05) is 30.3 Å². The number of methoxy groups -OCH3 is 1. The number of nitrogens with zero attached hydrogens (tertiary/aromatic N) is 2. The van der Waals surface area contributed by atoms with Gasteiger partial charge in [0.15, 0.2) is 11.9 Å². The first kappa shape index (κ1) is 21.7. The quantitative estimate of drug-likeness (QED) is 0.286. The lowest BCUT2D eigenvalue weighted by Crippen LogP contribution is -2.46. The van der Waals surface area contributed by atoms with Gasteiger partial charge in [-0.15, -0.1) is 0 Å². The van der Waals surface area contributed by atoms with E-state index in [1.54, 1.807) is 51.1 Å². The van der Waals surface area contributed by atoms with Crippen molar-refractivity contribution in [3.05, 3.63) is 41.4 Å². The highest BCUT2D eigenvalue weighted by atomic mass is 16.8. The largest absolute Gasteiger partial charge is 0.457 e. The van der Waals surface area contributed by atoms with Crippen molar-refractivity contribution in [2.45, 2.75) is 44.9 Å². The molecule has 1 fully saturated rings. The fourth-order valence-electron chi connectivity index (χ4n) is 2.77.